The van der Waals surface area contributed by atoms with E-state index in [9.17, 15) is 0 Å². The number of aryl methyl sites for hydroxylation is 1. The Morgan fingerprint density at radius 3 is 2.41 bits per heavy atom. The normalized spacial score (nSPS) is 13.9. The van der Waals surface area contributed by atoms with Crippen LogP contribution in [0, 0.1) is 12.8 Å². The van der Waals surface area contributed by atoms with Gasteiger partial charge in [-0.2, -0.15) is 0 Å². The first kappa shape index (κ1) is 25.6. The number of ether oxygens (including phenoxy) is 2. The molecule has 1 aliphatic heterocycles. The zero-order chi connectivity index (χ0) is 18.9. The first-order chi connectivity index (χ1) is 13.3. The highest BCUT2D eigenvalue weighted by Gasteiger charge is 2.14. The maximum Gasteiger partial charge on any atom is 0.166 e. The summed E-state index contributed by atoms with van der Waals surface area (Å²) < 4.78 is 12.0. The van der Waals surface area contributed by atoms with Crippen LogP contribution < -0.4 is 44.9 Å². The Bertz CT molecular complexity index is 705. The minimum atomic E-state index is 0. The summed E-state index contributed by atoms with van der Waals surface area (Å²) in [6.07, 6.45) is 2.51. The molecule has 0 atom stereocenters. The molecule has 2 aromatic carbocycles. The fourth-order valence-corrected chi connectivity index (χ4v) is 3.47. The van der Waals surface area contributed by atoms with Crippen LogP contribution >= 0.6 is 0 Å². The summed E-state index contributed by atoms with van der Waals surface area (Å²) in [5.41, 5.74) is 3.58. The summed E-state index contributed by atoms with van der Waals surface area (Å²) in [4.78, 5) is 0. The van der Waals surface area contributed by atoms with E-state index in [1.54, 1.807) is 0 Å². The molecule has 29 heavy (non-hydrogen) atoms. The van der Waals surface area contributed by atoms with Crippen LogP contribution in [-0.4, -0.2) is 26.2 Å². The average Bonchev–Trinajstić information content (AvgIpc) is 2.70. The summed E-state index contributed by atoms with van der Waals surface area (Å²) >= 11 is 0. The van der Waals surface area contributed by atoms with E-state index in [4.69, 9.17) is 9.47 Å². The lowest BCUT2D eigenvalue weighted by molar-refractivity contribution is -0.00100. The number of benzene rings is 2. The van der Waals surface area contributed by atoms with E-state index in [1.165, 1.54) is 24.0 Å². The van der Waals surface area contributed by atoms with Crippen LogP contribution in [0.1, 0.15) is 36.5 Å². The fourth-order valence-electron chi connectivity index (χ4n) is 3.47. The first-order valence-corrected chi connectivity index (χ1v) is 10.1. The van der Waals surface area contributed by atoms with Crippen molar-refractivity contribution in [2.24, 2.45) is 5.92 Å². The summed E-state index contributed by atoms with van der Waals surface area (Å²) in [5, 5.41) is 7.05. The molecular weight excluding hydrogens is 407 g/mol. The molecule has 1 fully saturated rings. The lowest BCUT2D eigenvalue weighted by Gasteiger charge is -2.23. The Balaban J connectivity index is 0.00000210. The SMILES string of the molecule is CCOc1cccc(CNCC2CCNCC2)c1OCc1ccc(C)cc1.[Cl-].[Cl-]. The lowest BCUT2D eigenvalue weighted by atomic mass is 9.98. The van der Waals surface area contributed by atoms with Crippen molar-refractivity contribution in [3.05, 3.63) is 59.2 Å². The minimum Gasteiger partial charge on any atom is -1.00 e. The van der Waals surface area contributed by atoms with Crippen molar-refractivity contribution in [2.75, 3.05) is 26.2 Å². The quantitative estimate of drug-likeness (QED) is 0.478. The van der Waals surface area contributed by atoms with Gasteiger partial charge in [0.05, 0.1) is 6.61 Å². The molecular formula is C23H32Cl2N2O2-2. The minimum absolute atomic E-state index is 0. The van der Waals surface area contributed by atoms with Gasteiger partial charge in [-0.05, 0) is 63.9 Å². The topological polar surface area (TPSA) is 42.5 Å². The third kappa shape index (κ3) is 8.06. The van der Waals surface area contributed by atoms with Gasteiger partial charge in [0.15, 0.2) is 11.5 Å². The predicted octanol–water partition coefficient (Wildman–Crippen LogP) is -1.93. The Hall–Kier alpha value is -1.46. The Labute approximate surface area is 187 Å². The first-order valence-electron chi connectivity index (χ1n) is 10.1. The second-order valence-corrected chi connectivity index (χ2v) is 7.28. The number of hydrogen-bond donors (Lipinski definition) is 2. The van der Waals surface area contributed by atoms with Gasteiger partial charge in [0, 0.05) is 12.1 Å². The summed E-state index contributed by atoms with van der Waals surface area (Å²) in [5.74, 6) is 2.45. The van der Waals surface area contributed by atoms with Crippen LogP contribution in [0.15, 0.2) is 42.5 Å². The number of halogens is 2. The molecule has 4 nitrogen and oxygen atoms in total. The average molecular weight is 439 g/mol. The van der Waals surface area contributed by atoms with E-state index in [0.29, 0.717) is 13.2 Å². The Morgan fingerprint density at radius 1 is 1.00 bits per heavy atom. The number of nitrogens with one attached hydrogen (secondary N) is 2. The van der Waals surface area contributed by atoms with Gasteiger partial charge in [0.2, 0.25) is 0 Å². The van der Waals surface area contributed by atoms with Crippen molar-refractivity contribution in [1.82, 2.24) is 10.6 Å². The number of para-hydroxylation sites is 1. The molecule has 2 N–H and O–H groups in total. The number of hydrogen-bond acceptors (Lipinski definition) is 4. The molecule has 0 spiro atoms. The zero-order valence-electron chi connectivity index (χ0n) is 17.3. The van der Waals surface area contributed by atoms with E-state index in [2.05, 4.69) is 47.9 Å². The number of piperidine rings is 1. The second-order valence-electron chi connectivity index (χ2n) is 7.28. The van der Waals surface area contributed by atoms with Gasteiger partial charge in [0.1, 0.15) is 6.61 Å². The molecule has 2 aromatic rings. The highest BCUT2D eigenvalue weighted by molar-refractivity contribution is 5.46. The van der Waals surface area contributed by atoms with Gasteiger partial charge in [-0.3, -0.25) is 0 Å². The van der Waals surface area contributed by atoms with Crippen LogP contribution in [-0.2, 0) is 13.2 Å². The standard InChI is InChI=1S/C23H32N2O2.2ClH/c1-3-26-22-6-4-5-21(16-25-15-19-11-13-24-14-12-19)23(22)27-17-20-9-7-18(2)8-10-20;;/h4-10,19,24-25H,3,11-17H2,1-2H3;2*1H/p-2. The van der Waals surface area contributed by atoms with Crippen LogP contribution in [0.3, 0.4) is 0 Å². The maximum atomic E-state index is 6.21. The van der Waals surface area contributed by atoms with E-state index in [0.717, 1.165) is 49.2 Å². The molecule has 0 aliphatic carbocycles. The summed E-state index contributed by atoms with van der Waals surface area (Å²) in [6.45, 7) is 9.41. The third-order valence-corrected chi connectivity index (χ3v) is 5.07. The molecule has 3 rings (SSSR count). The van der Waals surface area contributed by atoms with Crippen molar-refractivity contribution in [3.63, 3.8) is 0 Å². The van der Waals surface area contributed by atoms with Crippen molar-refractivity contribution in [3.8, 4) is 11.5 Å². The highest BCUT2D eigenvalue weighted by atomic mass is 35.5. The molecule has 0 radical (unpaired) electrons. The van der Waals surface area contributed by atoms with Crippen LogP contribution in [0.25, 0.3) is 0 Å². The monoisotopic (exact) mass is 438 g/mol. The molecule has 162 valence electrons. The zero-order valence-corrected chi connectivity index (χ0v) is 18.9. The molecule has 0 bridgehead atoms. The molecule has 0 saturated carbocycles. The van der Waals surface area contributed by atoms with E-state index in [-0.39, 0.29) is 24.8 Å². The van der Waals surface area contributed by atoms with Gasteiger partial charge < -0.3 is 44.9 Å². The van der Waals surface area contributed by atoms with Crippen molar-refractivity contribution >= 4 is 0 Å². The van der Waals surface area contributed by atoms with Gasteiger partial charge >= 0.3 is 0 Å². The molecule has 0 unspecified atom stereocenters. The van der Waals surface area contributed by atoms with Gasteiger partial charge in [-0.15, -0.1) is 0 Å². The molecule has 1 aliphatic rings. The fraction of sp³-hybridized carbons (Fsp3) is 0.478. The molecule has 0 aromatic heterocycles. The van der Waals surface area contributed by atoms with Crippen LogP contribution in [0.2, 0.25) is 0 Å². The Kier molecular flexibility index (Phi) is 12.1. The van der Waals surface area contributed by atoms with E-state index >= 15 is 0 Å². The van der Waals surface area contributed by atoms with Crippen LogP contribution in [0.4, 0.5) is 0 Å². The van der Waals surface area contributed by atoms with Crippen molar-refractivity contribution < 1.29 is 34.3 Å². The maximum absolute atomic E-state index is 6.21. The third-order valence-electron chi connectivity index (χ3n) is 5.07. The molecule has 6 heteroatoms. The smallest absolute Gasteiger partial charge is 0.166 e. The largest absolute Gasteiger partial charge is 1.00 e. The van der Waals surface area contributed by atoms with Crippen LogP contribution in [0.5, 0.6) is 11.5 Å². The summed E-state index contributed by atoms with van der Waals surface area (Å²) in [7, 11) is 0. The Morgan fingerprint density at radius 2 is 1.72 bits per heavy atom. The van der Waals surface area contributed by atoms with Crippen molar-refractivity contribution in [1.29, 1.82) is 0 Å². The van der Waals surface area contributed by atoms with Crippen molar-refractivity contribution in [2.45, 2.75) is 39.8 Å². The van der Waals surface area contributed by atoms with E-state index < -0.39 is 0 Å². The van der Waals surface area contributed by atoms with Gasteiger partial charge in [0.25, 0.3) is 0 Å². The van der Waals surface area contributed by atoms with E-state index in [1.807, 2.05) is 19.1 Å². The second kappa shape index (κ2) is 13.7. The predicted molar refractivity (Wildman–Crippen MR) is 110 cm³/mol. The summed E-state index contributed by atoms with van der Waals surface area (Å²) in [6, 6.07) is 14.6. The molecule has 0 amide bonds. The van der Waals surface area contributed by atoms with Gasteiger partial charge in [-0.25, -0.2) is 0 Å². The highest BCUT2D eigenvalue weighted by Crippen LogP contribution is 2.32. The lowest BCUT2D eigenvalue weighted by Crippen LogP contribution is -3.00. The van der Waals surface area contributed by atoms with Gasteiger partial charge in [-0.1, -0.05) is 42.0 Å². The number of rotatable bonds is 9. The molecule has 1 heterocycles. The molecule has 1 saturated heterocycles.